The second-order valence-electron chi connectivity index (χ2n) is 4.34. The molecule has 4 heteroatoms. The summed E-state index contributed by atoms with van der Waals surface area (Å²) in [4.78, 5) is 12.4. The predicted octanol–water partition coefficient (Wildman–Crippen LogP) is 3.73. The molecule has 1 aromatic carbocycles. The summed E-state index contributed by atoms with van der Waals surface area (Å²) in [5.74, 6) is -0.739. The Morgan fingerprint density at radius 2 is 2.06 bits per heavy atom. The minimum atomic E-state index is -0.818. The fourth-order valence-corrected chi connectivity index (χ4v) is 2.76. The van der Waals surface area contributed by atoms with Crippen LogP contribution in [-0.2, 0) is 4.74 Å². The Morgan fingerprint density at radius 3 is 2.65 bits per heavy atom. The van der Waals surface area contributed by atoms with Gasteiger partial charge in [0.05, 0.1) is 10.0 Å². The quantitative estimate of drug-likeness (QED) is 0.795. The Morgan fingerprint density at radius 1 is 1.41 bits per heavy atom. The summed E-state index contributed by atoms with van der Waals surface area (Å²) in [5, 5.41) is 0. The summed E-state index contributed by atoms with van der Waals surface area (Å²) in [6.07, 6.45) is 3.26. The van der Waals surface area contributed by atoms with Crippen LogP contribution in [0.3, 0.4) is 0 Å². The van der Waals surface area contributed by atoms with Gasteiger partial charge in [0.2, 0.25) is 0 Å². The molecule has 0 bridgehead atoms. The third-order valence-electron chi connectivity index (χ3n) is 3.41. The van der Waals surface area contributed by atoms with E-state index < -0.39 is 11.4 Å². The molecule has 0 radical (unpaired) electrons. The van der Waals surface area contributed by atoms with Gasteiger partial charge in [0.15, 0.2) is 5.78 Å². The Kier molecular flexibility index (Phi) is 3.64. The number of halogens is 2. The van der Waals surface area contributed by atoms with Crippen LogP contribution >= 0.6 is 15.9 Å². The van der Waals surface area contributed by atoms with E-state index >= 15 is 0 Å². The van der Waals surface area contributed by atoms with Crippen LogP contribution in [-0.4, -0.2) is 18.5 Å². The van der Waals surface area contributed by atoms with E-state index in [1.54, 1.807) is 12.1 Å². The molecule has 0 N–H and O–H groups in total. The highest BCUT2D eigenvalue weighted by Crippen LogP contribution is 2.36. The zero-order valence-electron chi connectivity index (χ0n) is 9.63. The van der Waals surface area contributed by atoms with Gasteiger partial charge >= 0.3 is 0 Å². The zero-order chi connectivity index (χ0) is 12.5. The minimum Gasteiger partial charge on any atom is -0.370 e. The van der Waals surface area contributed by atoms with E-state index in [9.17, 15) is 9.18 Å². The first-order valence-electron chi connectivity index (χ1n) is 5.65. The van der Waals surface area contributed by atoms with Crippen LogP contribution in [0.4, 0.5) is 4.39 Å². The summed E-state index contributed by atoms with van der Waals surface area (Å²) in [6.45, 7) is 0. The van der Waals surface area contributed by atoms with Crippen LogP contribution < -0.4 is 0 Å². The lowest BCUT2D eigenvalue weighted by Gasteiger charge is -2.25. The highest BCUT2D eigenvalue weighted by atomic mass is 79.9. The van der Waals surface area contributed by atoms with Crippen molar-refractivity contribution in [2.45, 2.75) is 31.3 Å². The average molecular weight is 301 g/mol. The third-order valence-corrected chi connectivity index (χ3v) is 4.02. The van der Waals surface area contributed by atoms with Crippen molar-refractivity contribution < 1.29 is 13.9 Å². The van der Waals surface area contributed by atoms with Crippen molar-refractivity contribution in [3.8, 4) is 0 Å². The normalized spacial score (nSPS) is 18.3. The molecule has 17 heavy (non-hydrogen) atoms. The topological polar surface area (TPSA) is 26.3 Å². The molecule has 1 aromatic rings. The second kappa shape index (κ2) is 4.86. The lowest BCUT2D eigenvalue weighted by Crippen LogP contribution is -2.38. The average Bonchev–Trinajstić information content (AvgIpc) is 2.82. The summed E-state index contributed by atoms with van der Waals surface area (Å²) in [7, 11) is 1.53. The van der Waals surface area contributed by atoms with Gasteiger partial charge in [0, 0.05) is 7.11 Å². The van der Waals surface area contributed by atoms with Crippen LogP contribution in [0.2, 0.25) is 0 Å². The molecule has 2 rings (SSSR count). The first kappa shape index (κ1) is 12.7. The lowest BCUT2D eigenvalue weighted by molar-refractivity contribution is 0.00568. The molecule has 0 spiro atoms. The Bertz CT molecular complexity index is 439. The predicted molar refractivity (Wildman–Crippen MR) is 66.6 cm³/mol. The largest absolute Gasteiger partial charge is 0.370 e. The number of hydrogen-bond donors (Lipinski definition) is 0. The van der Waals surface area contributed by atoms with Crippen molar-refractivity contribution in [3.05, 3.63) is 34.1 Å². The molecule has 1 aliphatic rings. The molecule has 0 amide bonds. The second-order valence-corrected chi connectivity index (χ2v) is 5.19. The molecule has 0 saturated heterocycles. The number of rotatable bonds is 3. The van der Waals surface area contributed by atoms with Crippen molar-refractivity contribution in [3.63, 3.8) is 0 Å². The summed E-state index contributed by atoms with van der Waals surface area (Å²) in [6, 6.07) is 4.76. The van der Waals surface area contributed by atoms with Crippen LogP contribution in [0.15, 0.2) is 22.7 Å². The van der Waals surface area contributed by atoms with Gasteiger partial charge in [-0.1, -0.05) is 6.07 Å². The molecule has 1 aliphatic carbocycles. The highest BCUT2D eigenvalue weighted by Gasteiger charge is 2.42. The van der Waals surface area contributed by atoms with E-state index in [1.807, 2.05) is 0 Å². The van der Waals surface area contributed by atoms with Gasteiger partial charge in [-0.15, -0.1) is 0 Å². The SMILES string of the molecule is COC1(C(=O)c2cccc(Br)c2F)CCCC1. The maximum Gasteiger partial charge on any atom is 0.197 e. The van der Waals surface area contributed by atoms with Gasteiger partial charge in [-0.25, -0.2) is 4.39 Å². The van der Waals surface area contributed by atoms with E-state index in [0.29, 0.717) is 17.3 Å². The number of methoxy groups -OCH3 is 1. The monoisotopic (exact) mass is 300 g/mol. The summed E-state index contributed by atoms with van der Waals surface area (Å²) >= 11 is 3.09. The fourth-order valence-electron chi connectivity index (χ4n) is 2.39. The number of benzene rings is 1. The summed E-state index contributed by atoms with van der Waals surface area (Å²) < 4.78 is 19.6. The number of carbonyl (C=O) groups excluding carboxylic acids is 1. The van der Waals surface area contributed by atoms with Gasteiger partial charge in [0.1, 0.15) is 11.4 Å². The Labute approximate surface area is 108 Å². The fraction of sp³-hybridized carbons (Fsp3) is 0.462. The van der Waals surface area contributed by atoms with E-state index in [-0.39, 0.29) is 11.3 Å². The van der Waals surface area contributed by atoms with Crippen LogP contribution in [0.5, 0.6) is 0 Å². The van der Waals surface area contributed by atoms with E-state index in [2.05, 4.69) is 15.9 Å². The van der Waals surface area contributed by atoms with Crippen molar-refractivity contribution >= 4 is 21.7 Å². The van der Waals surface area contributed by atoms with E-state index in [4.69, 9.17) is 4.74 Å². The zero-order valence-corrected chi connectivity index (χ0v) is 11.2. The number of carbonyl (C=O) groups is 1. The number of ether oxygens (including phenoxy) is 1. The minimum absolute atomic E-state index is 0.114. The molecule has 1 saturated carbocycles. The number of hydrogen-bond acceptors (Lipinski definition) is 2. The number of ketones is 1. The maximum absolute atomic E-state index is 13.9. The smallest absolute Gasteiger partial charge is 0.197 e. The van der Waals surface area contributed by atoms with Gasteiger partial charge in [-0.3, -0.25) is 4.79 Å². The van der Waals surface area contributed by atoms with Gasteiger partial charge in [-0.2, -0.15) is 0 Å². The van der Waals surface area contributed by atoms with Gasteiger partial charge in [0.25, 0.3) is 0 Å². The molecular weight excluding hydrogens is 287 g/mol. The van der Waals surface area contributed by atoms with Gasteiger partial charge < -0.3 is 4.74 Å². The van der Waals surface area contributed by atoms with Crippen molar-refractivity contribution in [1.82, 2.24) is 0 Å². The van der Waals surface area contributed by atoms with Crippen molar-refractivity contribution in [1.29, 1.82) is 0 Å². The molecular formula is C13H14BrFO2. The van der Waals surface area contributed by atoms with Crippen LogP contribution in [0, 0.1) is 5.82 Å². The summed E-state index contributed by atoms with van der Waals surface area (Å²) in [5.41, 5.74) is -0.704. The maximum atomic E-state index is 13.9. The van der Waals surface area contributed by atoms with E-state index in [0.717, 1.165) is 12.8 Å². The first-order valence-corrected chi connectivity index (χ1v) is 6.44. The van der Waals surface area contributed by atoms with Crippen LogP contribution in [0.1, 0.15) is 36.0 Å². The molecule has 92 valence electrons. The van der Waals surface area contributed by atoms with Crippen molar-refractivity contribution in [2.75, 3.05) is 7.11 Å². The molecule has 0 aliphatic heterocycles. The van der Waals surface area contributed by atoms with Crippen LogP contribution in [0.25, 0.3) is 0 Å². The molecule has 0 aromatic heterocycles. The third kappa shape index (κ3) is 2.16. The Hall–Kier alpha value is -0.740. The lowest BCUT2D eigenvalue weighted by atomic mass is 9.91. The molecule has 0 atom stereocenters. The van der Waals surface area contributed by atoms with Gasteiger partial charge in [-0.05, 0) is 53.7 Å². The molecule has 0 heterocycles. The first-order chi connectivity index (χ1) is 8.10. The molecule has 0 unspecified atom stereocenters. The number of Topliss-reactive ketones (excluding diaryl/α,β-unsaturated/α-hetero) is 1. The molecule has 1 fully saturated rings. The Balaban J connectivity index is 2.39. The standard InChI is InChI=1S/C13H14BrFO2/c1-17-13(7-2-3-8-13)12(16)9-5-4-6-10(14)11(9)15/h4-6H,2-3,7-8H2,1H3. The van der Waals surface area contributed by atoms with E-state index in [1.165, 1.54) is 13.2 Å². The highest BCUT2D eigenvalue weighted by molar-refractivity contribution is 9.10. The van der Waals surface area contributed by atoms with Crippen molar-refractivity contribution in [2.24, 2.45) is 0 Å². The molecule has 2 nitrogen and oxygen atoms in total.